The van der Waals surface area contributed by atoms with Gasteiger partial charge in [-0.3, -0.25) is 5.10 Å². The highest BCUT2D eigenvalue weighted by molar-refractivity contribution is 9.10. The molecule has 4 rings (SSSR count). The van der Waals surface area contributed by atoms with Crippen molar-refractivity contribution in [2.24, 2.45) is 0 Å². The fourth-order valence-electron chi connectivity index (χ4n) is 2.90. The molecule has 4 nitrogen and oxygen atoms in total. The minimum Gasteiger partial charge on any atom is -0.507 e. The SMILES string of the molecule is Oc1cc(OCc2ccc(Br)cc2)ccc1-c1[nH]ncc1-c1ccc(Cl)cc1. The summed E-state index contributed by atoms with van der Waals surface area (Å²) in [5.41, 5.74) is 4.28. The van der Waals surface area contributed by atoms with Gasteiger partial charge in [-0.2, -0.15) is 5.10 Å². The molecular weight excluding hydrogens is 440 g/mol. The minimum atomic E-state index is 0.118. The number of rotatable bonds is 5. The number of nitrogens with zero attached hydrogens (tertiary/aromatic N) is 1. The Bertz CT molecular complexity index is 1090. The number of aromatic nitrogens is 2. The van der Waals surface area contributed by atoms with E-state index in [0.717, 1.165) is 26.9 Å². The van der Waals surface area contributed by atoms with E-state index in [-0.39, 0.29) is 5.75 Å². The topological polar surface area (TPSA) is 58.1 Å². The van der Waals surface area contributed by atoms with Crippen molar-refractivity contribution >= 4 is 27.5 Å². The third-order valence-corrected chi connectivity index (χ3v) is 5.13. The number of H-pyrrole nitrogens is 1. The molecule has 0 spiro atoms. The maximum atomic E-state index is 10.6. The first-order valence-corrected chi connectivity index (χ1v) is 9.77. The predicted molar refractivity (Wildman–Crippen MR) is 115 cm³/mol. The molecule has 0 fully saturated rings. The van der Waals surface area contributed by atoms with Gasteiger partial charge in [0, 0.05) is 26.7 Å². The number of phenols is 1. The minimum absolute atomic E-state index is 0.118. The molecule has 0 radical (unpaired) electrons. The van der Waals surface area contributed by atoms with E-state index in [1.807, 2.05) is 60.7 Å². The second-order valence-electron chi connectivity index (χ2n) is 6.26. The fourth-order valence-corrected chi connectivity index (χ4v) is 3.29. The van der Waals surface area contributed by atoms with E-state index < -0.39 is 0 Å². The number of aromatic amines is 1. The van der Waals surface area contributed by atoms with Crippen LogP contribution in [-0.2, 0) is 6.61 Å². The van der Waals surface area contributed by atoms with Crippen molar-refractivity contribution in [1.29, 1.82) is 0 Å². The molecule has 0 saturated heterocycles. The summed E-state index contributed by atoms with van der Waals surface area (Å²) in [6.45, 7) is 0.423. The molecule has 0 aliphatic heterocycles. The first-order chi connectivity index (χ1) is 13.6. The standard InChI is InChI=1S/C22H16BrClN2O2/c23-16-5-1-14(2-6-16)13-28-18-9-10-19(21(27)11-18)22-20(12-25-26-22)15-3-7-17(24)8-4-15/h1-12,27H,13H2,(H,25,26). The van der Waals surface area contributed by atoms with Crippen LogP contribution in [0.4, 0.5) is 0 Å². The van der Waals surface area contributed by atoms with Crippen LogP contribution in [0.25, 0.3) is 22.4 Å². The van der Waals surface area contributed by atoms with E-state index in [1.165, 1.54) is 0 Å². The molecule has 140 valence electrons. The molecule has 0 amide bonds. The van der Waals surface area contributed by atoms with Crippen LogP contribution in [0.5, 0.6) is 11.5 Å². The highest BCUT2D eigenvalue weighted by Gasteiger charge is 2.14. The molecule has 0 saturated carbocycles. The molecule has 4 aromatic rings. The summed E-state index contributed by atoms with van der Waals surface area (Å²) >= 11 is 9.39. The molecule has 0 aliphatic carbocycles. The number of aromatic hydroxyl groups is 1. The Balaban J connectivity index is 1.56. The van der Waals surface area contributed by atoms with Crippen molar-refractivity contribution < 1.29 is 9.84 Å². The zero-order valence-corrected chi connectivity index (χ0v) is 17.0. The molecule has 0 bridgehead atoms. The van der Waals surface area contributed by atoms with Crippen molar-refractivity contribution in [3.05, 3.63) is 88.0 Å². The van der Waals surface area contributed by atoms with Gasteiger partial charge >= 0.3 is 0 Å². The zero-order valence-electron chi connectivity index (χ0n) is 14.7. The summed E-state index contributed by atoms with van der Waals surface area (Å²) in [5, 5.41) is 18.3. The molecule has 1 heterocycles. The smallest absolute Gasteiger partial charge is 0.128 e. The van der Waals surface area contributed by atoms with Gasteiger partial charge in [-0.05, 0) is 47.5 Å². The monoisotopic (exact) mass is 454 g/mol. The first-order valence-electron chi connectivity index (χ1n) is 8.60. The molecule has 0 unspecified atom stereocenters. The van der Waals surface area contributed by atoms with Crippen LogP contribution < -0.4 is 4.74 Å². The predicted octanol–water partition coefficient (Wildman–Crippen LogP) is 6.44. The number of ether oxygens (including phenoxy) is 1. The van der Waals surface area contributed by atoms with E-state index >= 15 is 0 Å². The lowest BCUT2D eigenvalue weighted by Crippen LogP contribution is -1.95. The summed E-state index contributed by atoms with van der Waals surface area (Å²) in [6.07, 6.45) is 1.73. The average molecular weight is 456 g/mol. The van der Waals surface area contributed by atoms with Crippen LogP contribution in [0, 0.1) is 0 Å². The van der Waals surface area contributed by atoms with Crippen molar-refractivity contribution in [3.63, 3.8) is 0 Å². The van der Waals surface area contributed by atoms with E-state index in [9.17, 15) is 5.11 Å². The van der Waals surface area contributed by atoms with Gasteiger partial charge in [0.15, 0.2) is 0 Å². The maximum absolute atomic E-state index is 10.6. The third-order valence-electron chi connectivity index (χ3n) is 4.35. The lowest BCUT2D eigenvalue weighted by Gasteiger charge is -2.10. The van der Waals surface area contributed by atoms with Gasteiger partial charge in [-0.15, -0.1) is 0 Å². The van der Waals surface area contributed by atoms with Gasteiger partial charge in [0.05, 0.1) is 11.9 Å². The Morgan fingerprint density at radius 1 is 0.964 bits per heavy atom. The number of benzene rings is 3. The zero-order chi connectivity index (χ0) is 19.5. The Hall–Kier alpha value is -2.76. The molecule has 1 aromatic heterocycles. The number of halogens is 2. The second-order valence-corrected chi connectivity index (χ2v) is 7.61. The van der Waals surface area contributed by atoms with Crippen molar-refractivity contribution in [2.75, 3.05) is 0 Å². The van der Waals surface area contributed by atoms with E-state index in [2.05, 4.69) is 26.1 Å². The van der Waals surface area contributed by atoms with Crippen molar-refractivity contribution in [3.8, 4) is 33.9 Å². The van der Waals surface area contributed by atoms with Crippen molar-refractivity contribution in [1.82, 2.24) is 10.2 Å². The Morgan fingerprint density at radius 2 is 1.71 bits per heavy atom. The fraction of sp³-hybridized carbons (Fsp3) is 0.0455. The highest BCUT2D eigenvalue weighted by atomic mass is 79.9. The third kappa shape index (κ3) is 4.06. The quantitative estimate of drug-likeness (QED) is 0.364. The Labute approximate surface area is 175 Å². The summed E-state index contributed by atoms with van der Waals surface area (Å²) in [5.74, 6) is 0.712. The largest absolute Gasteiger partial charge is 0.507 e. The van der Waals surface area contributed by atoms with Gasteiger partial charge in [0.25, 0.3) is 0 Å². The lowest BCUT2D eigenvalue weighted by molar-refractivity contribution is 0.304. The van der Waals surface area contributed by atoms with E-state index in [1.54, 1.807) is 12.3 Å². The number of nitrogens with one attached hydrogen (secondary N) is 1. The van der Waals surface area contributed by atoms with E-state index in [4.69, 9.17) is 16.3 Å². The van der Waals surface area contributed by atoms with Crippen LogP contribution in [-0.4, -0.2) is 15.3 Å². The molecule has 2 N–H and O–H groups in total. The Morgan fingerprint density at radius 3 is 2.43 bits per heavy atom. The number of hydrogen-bond acceptors (Lipinski definition) is 3. The molecular formula is C22H16BrClN2O2. The van der Waals surface area contributed by atoms with Crippen LogP contribution >= 0.6 is 27.5 Å². The highest BCUT2D eigenvalue weighted by Crippen LogP contribution is 2.37. The van der Waals surface area contributed by atoms with Crippen molar-refractivity contribution in [2.45, 2.75) is 6.61 Å². The van der Waals surface area contributed by atoms with E-state index in [0.29, 0.717) is 22.9 Å². The molecule has 28 heavy (non-hydrogen) atoms. The van der Waals surface area contributed by atoms with Crippen LogP contribution in [0.15, 0.2) is 77.4 Å². The van der Waals surface area contributed by atoms with Crippen LogP contribution in [0.1, 0.15) is 5.56 Å². The number of hydrogen-bond donors (Lipinski definition) is 2. The summed E-state index contributed by atoms with van der Waals surface area (Å²) in [4.78, 5) is 0. The van der Waals surface area contributed by atoms with Gasteiger partial charge in [-0.1, -0.05) is 51.8 Å². The normalized spacial score (nSPS) is 10.8. The first kappa shape index (κ1) is 18.6. The molecule has 0 aliphatic rings. The molecule has 6 heteroatoms. The van der Waals surface area contributed by atoms with Gasteiger partial charge in [-0.25, -0.2) is 0 Å². The molecule has 0 atom stereocenters. The van der Waals surface area contributed by atoms with Crippen LogP contribution in [0.2, 0.25) is 5.02 Å². The van der Waals surface area contributed by atoms with Gasteiger partial charge in [0.2, 0.25) is 0 Å². The van der Waals surface area contributed by atoms with Gasteiger partial charge in [0.1, 0.15) is 18.1 Å². The lowest BCUT2D eigenvalue weighted by atomic mass is 10.0. The Kier molecular flexibility index (Phi) is 5.37. The maximum Gasteiger partial charge on any atom is 0.128 e. The van der Waals surface area contributed by atoms with Gasteiger partial charge < -0.3 is 9.84 Å². The van der Waals surface area contributed by atoms with Crippen LogP contribution in [0.3, 0.4) is 0 Å². The average Bonchev–Trinajstić information content (AvgIpc) is 3.18. The second kappa shape index (κ2) is 8.09. The summed E-state index contributed by atoms with van der Waals surface area (Å²) in [6, 6.07) is 20.7. The summed E-state index contributed by atoms with van der Waals surface area (Å²) < 4.78 is 6.82. The molecule has 3 aromatic carbocycles. The number of phenolic OH excluding ortho intramolecular Hbond substituents is 1. The summed E-state index contributed by atoms with van der Waals surface area (Å²) in [7, 11) is 0.